The summed E-state index contributed by atoms with van der Waals surface area (Å²) in [4.78, 5) is 35.4. The molecule has 1 aromatic rings. The number of Topliss-reactive ketones (excluding diaryl/α,β-unsaturated/α-hetero) is 1. The molecule has 1 aromatic carbocycles. The van der Waals surface area contributed by atoms with Gasteiger partial charge in [0.2, 0.25) is 22.0 Å². The number of carbonyl (C=O) groups is 2. The van der Waals surface area contributed by atoms with Gasteiger partial charge in [0.15, 0.2) is 5.78 Å². The largest absolute Gasteiger partial charge is 0.340 e. The van der Waals surface area contributed by atoms with Crippen molar-refractivity contribution in [1.29, 1.82) is 0 Å². The summed E-state index contributed by atoms with van der Waals surface area (Å²) in [5, 5.41) is 10.7. The third kappa shape index (κ3) is 3.47. The summed E-state index contributed by atoms with van der Waals surface area (Å²) in [7, 11) is -3.71. The number of sulfonamides is 1. The topological polar surface area (TPSA) is 118 Å². The van der Waals surface area contributed by atoms with E-state index in [-0.39, 0.29) is 49.2 Å². The van der Waals surface area contributed by atoms with Crippen molar-refractivity contribution in [3.05, 3.63) is 39.9 Å². The average molecular weight is 381 g/mol. The molecule has 0 radical (unpaired) electrons. The molecule has 3 rings (SSSR count). The number of carbonyl (C=O) groups excluding carboxylic acids is 2. The second-order valence-electron chi connectivity index (χ2n) is 6.50. The molecule has 10 heteroatoms. The Morgan fingerprint density at radius 3 is 2.15 bits per heavy atom. The molecule has 26 heavy (non-hydrogen) atoms. The Kier molecular flexibility index (Phi) is 4.80. The van der Waals surface area contributed by atoms with Crippen molar-refractivity contribution in [2.24, 2.45) is 5.92 Å². The van der Waals surface area contributed by atoms with Gasteiger partial charge in [-0.25, -0.2) is 8.42 Å². The standard InChI is InChI=1S/C16H19N3O6S/c1-11(20)12-2-4-13(5-3-12)26(24,25)18-8-6-17(7-9-18)16(21)14-10-15(14)19(22)23/h2-5,14-15H,6-10H2,1H3. The molecule has 1 amide bonds. The van der Waals surface area contributed by atoms with E-state index in [1.54, 1.807) is 0 Å². The molecular weight excluding hydrogens is 362 g/mol. The van der Waals surface area contributed by atoms with Crippen LogP contribution in [0.5, 0.6) is 0 Å². The van der Waals surface area contributed by atoms with Crippen molar-refractivity contribution in [1.82, 2.24) is 9.21 Å². The number of piperazine rings is 1. The van der Waals surface area contributed by atoms with Gasteiger partial charge in [0.05, 0.1) is 4.90 Å². The van der Waals surface area contributed by atoms with Crippen LogP contribution in [0, 0.1) is 16.0 Å². The molecule has 1 heterocycles. The van der Waals surface area contributed by atoms with Gasteiger partial charge in [-0.15, -0.1) is 0 Å². The van der Waals surface area contributed by atoms with Crippen molar-refractivity contribution in [2.45, 2.75) is 24.3 Å². The third-order valence-corrected chi connectivity index (χ3v) is 6.71. The van der Waals surface area contributed by atoms with Gasteiger partial charge in [-0.2, -0.15) is 4.31 Å². The molecule has 2 fully saturated rings. The molecule has 0 N–H and O–H groups in total. The Hall–Kier alpha value is -2.33. The lowest BCUT2D eigenvalue weighted by molar-refractivity contribution is -0.497. The Balaban J connectivity index is 1.62. The normalized spacial score (nSPS) is 23.5. The first-order chi connectivity index (χ1) is 12.2. The molecule has 2 unspecified atom stereocenters. The molecule has 1 saturated heterocycles. The Morgan fingerprint density at radius 1 is 1.12 bits per heavy atom. The number of rotatable bonds is 5. The van der Waals surface area contributed by atoms with E-state index in [1.165, 1.54) is 40.4 Å². The van der Waals surface area contributed by atoms with Crippen LogP contribution >= 0.6 is 0 Å². The predicted octanol–water partition coefficient (Wildman–Crippen LogP) is 0.387. The van der Waals surface area contributed by atoms with Crippen molar-refractivity contribution in [3.8, 4) is 0 Å². The first kappa shape index (κ1) is 18.5. The highest BCUT2D eigenvalue weighted by Crippen LogP contribution is 2.35. The minimum atomic E-state index is -3.71. The van der Waals surface area contributed by atoms with Crippen molar-refractivity contribution >= 4 is 21.7 Å². The van der Waals surface area contributed by atoms with E-state index in [0.717, 1.165) is 0 Å². The average Bonchev–Trinajstić information content (AvgIpc) is 3.42. The number of benzene rings is 1. The summed E-state index contributed by atoms with van der Waals surface area (Å²) in [6.45, 7) is 2.11. The van der Waals surface area contributed by atoms with Crippen molar-refractivity contribution < 1.29 is 22.9 Å². The summed E-state index contributed by atoms with van der Waals surface area (Å²) in [5.74, 6) is -0.990. The van der Waals surface area contributed by atoms with Crippen LogP contribution in [0.4, 0.5) is 0 Å². The summed E-state index contributed by atoms with van der Waals surface area (Å²) in [5.41, 5.74) is 0.434. The van der Waals surface area contributed by atoms with Crippen LogP contribution in [-0.2, 0) is 14.8 Å². The van der Waals surface area contributed by atoms with E-state index in [0.29, 0.717) is 5.56 Å². The number of nitrogens with zero attached hydrogens (tertiary/aromatic N) is 3. The van der Waals surface area contributed by atoms with Crippen LogP contribution in [0.1, 0.15) is 23.7 Å². The second-order valence-corrected chi connectivity index (χ2v) is 8.44. The highest BCUT2D eigenvalue weighted by Gasteiger charge is 2.54. The highest BCUT2D eigenvalue weighted by molar-refractivity contribution is 7.89. The fraction of sp³-hybridized carbons (Fsp3) is 0.500. The van der Waals surface area contributed by atoms with Crippen molar-refractivity contribution in [3.63, 3.8) is 0 Å². The van der Waals surface area contributed by atoms with Crippen LogP contribution in [0.2, 0.25) is 0 Å². The molecule has 1 saturated carbocycles. The number of hydrogen-bond donors (Lipinski definition) is 0. The number of amides is 1. The zero-order valence-corrected chi connectivity index (χ0v) is 15.0. The molecule has 0 spiro atoms. The van der Waals surface area contributed by atoms with Crippen LogP contribution < -0.4 is 0 Å². The number of nitro groups is 1. The summed E-state index contributed by atoms with van der Waals surface area (Å²) in [6.07, 6.45) is 0.257. The number of ketones is 1. The third-order valence-electron chi connectivity index (χ3n) is 4.79. The molecule has 2 atom stereocenters. The molecular formula is C16H19N3O6S. The fourth-order valence-electron chi connectivity index (χ4n) is 3.07. The van der Waals surface area contributed by atoms with Gasteiger partial charge in [-0.3, -0.25) is 19.7 Å². The maximum atomic E-state index is 12.7. The highest BCUT2D eigenvalue weighted by atomic mass is 32.2. The molecule has 2 aliphatic rings. The molecule has 9 nitrogen and oxygen atoms in total. The maximum Gasteiger partial charge on any atom is 0.243 e. The van der Waals surface area contributed by atoms with E-state index in [9.17, 15) is 28.1 Å². The summed E-state index contributed by atoms with van der Waals surface area (Å²) >= 11 is 0. The minimum Gasteiger partial charge on any atom is -0.340 e. The number of hydrogen-bond acceptors (Lipinski definition) is 6. The molecule has 0 bridgehead atoms. The quantitative estimate of drug-likeness (QED) is 0.413. The second kappa shape index (κ2) is 6.76. The van der Waals surface area contributed by atoms with Gasteiger partial charge in [0.25, 0.3) is 0 Å². The zero-order valence-electron chi connectivity index (χ0n) is 14.2. The molecule has 1 aliphatic heterocycles. The van der Waals surface area contributed by atoms with Gasteiger partial charge >= 0.3 is 0 Å². The van der Waals surface area contributed by atoms with Gasteiger partial charge in [0.1, 0.15) is 5.92 Å². The van der Waals surface area contributed by atoms with E-state index < -0.39 is 26.9 Å². The van der Waals surface area contributed by atoms with Crippen molar-refractivity contribution in [2.75, 3.05) is 26.2 Å². The monoisotopic (exact) mass is 381 g/mol. The predicted molar refractivity (Wildman–Crippen MR) is 90.7 cm³/mol. The van der Waals surface area contributed by atoms with E-state index >= 15 is 0 Å². The summed E-state index contributed by atoms with van der Waals surface area (Å²) < 4.78 is 26.7. The van der Waals surface area contributed by atoms with Crippen LogP contribution in [-0.4, -0.2) is 66.5 Å². The Labute approximate surface area is 150 Å². The smallest absolute Gasteiger partial charge is 0.243 e. The molecule has 140 valence electrons. The first-order valence-corrected chi connectivity index (χ1v) is 9.69. The van der Waals surface area contributed by atoms with Gasteiger partial charge in [0, 0.05) is 43.1 Å². The zero-order chi connectivity index (χ0) is 19.1. The minimum absolute atomic E-state index is 0.0953. The molecule has 1 aliphatic carbocycles. The lowest BCUT2D eigenvalue weighted by atomic mass is 10.2. The first-order valence-electron chi connectivity index (χ1n) is 8.25. The van der Waals surface area contributed by atoms with Crippen LogP contribution in [0.15, 0.2) is 29.2 Å². The lowest BCUT2D eigenvalue weighted by Gasteiger charge is -2.34. The lowest BCUT2D eigenvalue weighted by Crippen LogP contribution is -2.51. The SMILES string of the molecule is CC(=O)c1ccc(S(=O)(=O)N2CCN(C(=O)C3CC3[N+](=O)[O-])CC2)cc1. The van der Waals surface area contributed by atoms with Crippen LogP contribution in [0.25, 0.3) is 0 Å². The van der Waals surface area contributed by atoms with Crippen LogP contribution in [0.3, 0.4) is 0 Å². The fourth-order valence-corrected chi connectivity index (χ4v) is 4.50. The van der Waals surface area contributed by atoms with E-state index in [2.05, 4.69) is 0 Å². The van der Waals surface area contributed by atoms with E-state index in [1.807, 2.05) is 0 Å². The maximum absolute atomic E-state index is 12.7. The van der Waals surface area contributed by atoms with Gasteiger partial charge in [-0.05, 0) is 19.1 Å². The molecule has 0 aromatic heterocycles. The van der Waals surface area contributed by atoms with Gasteiger partial charge < -0.3 is 4.90 Å². The summed E-state index contributed by atoms with van der Waals surface area (Å²) in [6, 6.07) is 4.94. The Bertz CT molecular complexity index is 843. The van der Waals surface area contributed by atoms with E-state index in [4.69, 9.17) is 0 Å². The van der Waals surface area contributed by atoms with Gasteiger partial charge in [-0.1, -0.05) is 12.1 Å². The Morgan fingerprint density at radius 2 is 1.69 bits per heavy atom.